The van der Waals surface area contributed by atoms with E-state index >= 15 is 0 Å². The number of amides is 1. The van der Waals surface area contributed by atoms with Gasteiger partial charge in [0.15, 0.2) is 5.54 Å². The number of carbonyl (C=O) groups is 1. The fourth-order valence-electron chi connectivity index (χ4n) is 3.03. The van der Waals surface area contributed by atoms with E-state index in [1.165, 1.54) is 19.4 Å². The predicted octanol–water partition coefficient (Wildman–Crippen LogP) is 3.93. The van der Waals surface area contributed by atoms with Crippen molar-refractivity contribution in [3.63, 3.8) is 0 Å². The summed E-state index contributed by atoms with van der Waals surface area (Å²) < 4.78 is 33.9. The molecule has 0 aromatic heterocycles. The number of aryl methyl sites for hydroxylation is 1. The molecule has 0 aliphatic carbocycles. The molecule has 2 aromatic rings. The number of benzene rings is 2. The Bertz CT molecular complexity index is 922. The van der Waals surface area contributed by atoms with Crippen LogP contribution in [0.3, 0.4) is 0 Å². The first-order valence-electron chi connectivity index (χ1n) is 8.14. The van der Waals surface area contributed by atoms with E-state index in [2.05, 4.69) is 20.3 Å². The molecular weight excluding hydrogens is 354 g/mol. The molecular formula is C19H18F2N4O2. The zero-order valence-corrected chi connectivity index (χ0v) is 14.8. The lowest BCUT2D eigenvalue weighted by molar-refractivity contribution is 0.170. The average molecular weight is 372 g/mol. The SMILES string of the molecule is COC(=O)NCc1cc(C2(c3c(F)cc(N)cc3F)C=CN=N2)ccc1C. The lowest BCUT2D eigenvalue weighted by Crippen LogP contribution is -2.26. The maximum atomic E-state index is 14.6. The summed E-state index contributed by atoms with van der Waals surface area (Å²) in [5, 5.41) is 10.5. The van der Waals surface area contributed by atoms with Crippen molar-refractivity contribution in [2.45, 2.75) is 19.0 Å². The number of azo groups is 1. The zero-order valence-electron chi connectivity index (χ0n) is 14.8. The van der Waals surface area contributed by atoms with Gasteiger partial charge in [-0.05, 0) is 41.8 Å². The number of nitrogens with one attached hydrogen (secondary N) is 1. The smallest absolute Gasteiger partial charge is 0.407 e. The predicted molar refractivity (Wildman–Crippen MR) is 96.0 cm³/mol. The summed E-state index contributed by atoms with van der Waals surface area (Å²) in [5.74, 6) is -1.62. The number of ether oxygens (including phenoxy) is 1. The van der Waals surface area contributed by atoms with Gasteiger partial charge in [0, 0.05) is 18.4 Å². The molecule has 27 heavy (non-hydrogen) atoms. The number of nitrogens with two attached hydrogens (primary N) is 1. The third-order valence-electron chi connectivity index (χ3n) is 4.44. The zero-order chi connectivity index (χ0) is 19.6. The van der Waals surface area contributed by atoms with E-state index in [0.717, 1.165) is 23.3 Å². The van der Waals surface area contributed by atoms with Gasteiger partial charge in [-0.1, -0.05) is 18.2 Å². The molecule has 3 N–H and O–H groups in total. The first-order chi connectivity index (χ1) is 12.9. The number of rotatable bonds is 4. The van der Waals surface area contributed by atoms with Crippen LogP contribution in [0, 0.1) is 18.6 Å². The van der Waals surface area contributed by atoms with Gasteiger partial charge < -0.3 is 15.8 Å². The normalized spacial score (nSPS) is 17.9. The van der Waals surface area contributed by atoms with Crippen molar-refractivity contribution in [1.82, 2.24) is 5.32 Å². The van der Waals surface area contributed by atoms with Crippen molar-refractivity contribution >= 4 is 11.8 Å². The van der Waals surface area contributed by atoms with Gasteiger partial charge in [-0.3, -0.25) is 0 Å². The molecule has 1 heterocycles. The highest BCUT2D eigenvalue weighted by Gasteiger charge is 2.39. The van der Waals surface area contributed by atoms with E-state index in [4.69, 9.17) is 5.73 Å². The summed E-state index contributed by atoms with van der Waals surface area (Å²) in [6.07, 6.45) is 2.33. The molecule has 0 fully saturated rings. The Balaban J connectivity index is 2.11. The Morgan fingerprint density at radius 2 is 1.96 bits per heavy atom. The molecule has 3 rings (SSSR count). The number of anilines is 1. The largest absolute Gasteiger partial charge is 0.453 e. The first kappa shape index (κ1) is 18.5. The maximum absolute atomic E-state index is 14.6. The molecule has 0 saturated carbocycles. The van der Waals surface area contributed by atoms with Crippen molar-refractivity contribution in [2.75, 3.05) is 12.8 Å². The van der Waals surface area contributed by atoms with E-state index < -0.39 is 23.3 Å². The van der Waals surface area contributed by atoms with Crippen LogP contribution in [0.15, 0.2) is 52.8 Å². The van der Waals surface area contributed by atoms with E-state index in [-0.39, 0.29) is 17.8 Å². The van der Waals surface area contributed by atoms with Crippen LogP contribution in [0.5, 0.6) is 0 Å². The summed E-state index contributed by atoms with van der Waals surface area (Å²) >= 11 is 0. The molecule has 1 amide bonds. The number of hydrogen-bond donors (Lipinski definition) is 2. The van der Waals surface area contributed by atoms with Crippen molar-refractivity contribution in [3.8, 4) is 0 Å². The second-order valence-electron chi connectivity index (χ2n) is 6.14. The molecule has 0 spiro atoms. The number of methoxy groups -OCH3 is 1. The summed E-state index contributed by atoms with van der Waals surface area (Å²) in [6.45, 7) is 2.05. The van der Waals surface area contributed by atoms with Gasteiger partial charge >= 0.3 is 6.09 Å². The quantitative estimate of drug-likeness (QED) is 0.797. The van der Waals surface area contributed by atoms with E-state index in [1.54, 1.807) is 18.2 Å². The number of alkyl carbamates (subject to hydrolysis) is 1. The van der Waals surface area contributed by atoms with Crippen molar-refractivity contribution in [1.29, 1.82) is 0 Å². The number of hydrogen-bond acceptors (Lipinski definition) is 5. The minimum absolute atomic E-state index is 0.0188. The summed E-state index contributed by atoms with van der Waals surface area (Å²) in [5.41, 5.74) is 5.96. The van der Waals surface area contributed by atoms with Gasteiger partial charge in [-0.15, -0.1) is 0 Å². The third-order valence-corrected chi connectivity index (χ3v) is 4.44. The standard InChI is InChI=1S/C19H18F2N4O2/c1-11-3-4-13(7-12(11)10-23-18(26)27-2)19(5-6-24-25-19)17-15(20)8-14(22)9-16(17)21/h3-9H,10,22H2,1-2H3,(H,23,26). The minimum atomic E-state index is -1.45. The number of nitrogens with zero attached hydrogens (tertiary/aromatic N) is 2. The molecule has 140 valence electrons. The van der Waals surface area contributed by atoms with Gasteiger partial charge in [0.25, 0.3) is 0 Å². The molecule has 0 radical (unpaired) electrons. The van der Waals surface area contributed by atoms with Crippen LogP contribution in [-0.2, 0) is 16.8 Å². The van der Waals surface area contributed by atoms with E-state index in [0.29, 0.717) is 5.56 Å². The minimum Gasteiger partial charge on any atom is -0.453 e. The highest BCUT2D eigenvalue weighted by Crippen LogP contribution is 2.42. The molecule has 0 bridgehead atoms. The fraction of sp³-hybridized carbons (Fsp3) is 0.211. The Morgan fingerprint density at radius 3 is 2.56 bits per heavy atom. The van der Waals surface area contributed by atoms with Crippen LogP contribution in [0.1, 0.15) is 22.3 Å². The van der Waals surface area contributed by atoms with Gasteiger partial charge in [-0.25, -0.2) is 13.6 Å². The van der Waals surface area contributed by atoms with Crippen molar-refractivity contribution in [2.24, 2.45) is 10.2 Å². The number of nitrogen functional groups attached to an aromatic ring is 1. The number of carbonyl (C=O) groups excluding carboxylic acids is 1. The maximum Gasteiger partial charge on any atom is 0.407 e. The van der Waals surface area contributed by atoms with E-state index in [1.807, 2.05) is 6.92 Å². The molecule has 2 aromatic carbocycles. The molecule has 8 heteroatoms. The summed E-state index contributed by atoms with van der Waals surface area (Å²) in [4.78, 5) is 11.4. The van der Waals surface area contributed by atoms with Gasteiger partial charge in [0.2, 0.25) is 0 Å². The Labute approximate surface area is 154 Å². The number of halogens is 2. The molecule has 1 atom stereocenters. The Hall–Kier alpha value is -3.29. The lowest BCUT2D eigenvalue weighted by Gasteiger charge is -2.26. The summed E-state index contributed by atoms with van der Waals surface area (Å²) in [7, 11) is 1.27. The fourth-order valence-corrected chi connectivity index (χ4v) is 3.03. The third kappa shape index (κ3) is 3.38. The van der Waals surface area contributed by atoms with Crippen molar-refractivity contribution in [3.05, 3.63) is 76.5 Å². The van der Waals surface area contributed by atoms with Crippen LogP contribution in [0.4, 0.5) is 19.3 Å². The lowest BCUT2D eigenvalue weighted by atomic mass is 9.82. The van der Waals surface area contributed by atoms with Crippen LogP contribution in [0.2, 0.25) is 0 Å². The van der Waals surface area contributed by atoms with Gasteiger partial charge in [0.05, 0.1) is 12.7 Å². The topological polar surface area (TPSA) is 89.1 Å². The van der Waals surface area contributed by atoms with Gasteiger partial charge in [0.1, 0.15) is 11.6 Å². The van der Waals surface area contributed by atoms with Crippen molar-refractivity contribution < 1.29 is 18.3 Å². The highest BCUT2D eigenvalue weighted by molar-refractivity contribution is 5.67. The molecule has 1 unspecified atom stereocenters. The Morgan fingerprint density at radius 1 is 1.26 bits per heavy atom. The van der Waals surface area contributed by atoms with Crippen LogP contribution >= 0.6 is 0 Å². The average Bonchev–Trinajstić information content (AvgIpc) is 3.10. The molecule has 6 nitrogen and oxygen atoms in total. The highest BCUT2D eigenvalue weighted by atomic mass is 19.1. The monoisotopic (exact) mass is 372 g/mol. The second kappa shape index (κ2) is 7.14. The Kier molecular flexibility index (Phi) is 4.89. The van der Waals surface area contributed by atoms with Crippen LogP contribution in [-0.4, -0.2) is 13.2 Å². The molecule has 1 aliphatic rings. The second-order valence-corrected chi connectivity index (χ2v) is 6.14. The van der Waals surface area contributed by atoms with Crippen LogP contribution in [0.25, 0.3) is 0 Å². The summed E-state index contributed by atoms with van der Waals surface area (Å²) in [6, 6.07) is 7.35. The first-order valence-corrected chi connectivity index (χ1v) is 8.14. The molecule has 1 aliphatic heterocycles. The molecule has 0 saturated heterocycles. The van der Waals surface area contributed by atoms with E-state index in [9.17, 15) is 13.6 Å². The van der Waals surface area contributed by atoms with Gasteiger partial charge in [-0.2, -0.15) is 10.2 Å². The van der Waals surface area contributed by atoms with Crippen LogP contribution < -0.4 is 11.1 Å².